The number of nitrogens with zero attached hydrogens (tertiary/aromatic N) is 1. The number of amides is 2. The van der Waals surface area contributed by atoms with Gasteiger partial charge in [-0.15, -0.1) is 0 Å². The molecule has 148 valence electrons. The Bertz CT molecular complexity index is 707. The number of carbonyl (C=O) groups is 3. The molecule has 1 fully saturated rings. The molecule has 1 aromatic carbocycles. The van der Waals surface area contributed by atoms with E-state index in [2.05, 4.69) is 27.9 Å². The van der Waals surface area contributed by atoms with Gasteiger partial charge in [0.2, 0.25) is 5.91 Å². The molecule has 0 spiro atoms. The third kappa shape index (κ3) is 5.82. The van der Waals surface area contributed by atoms with Gasteiger partial charge in [0.15, 0.2) is 0 Å². The number of halogens is 1. The van der Waals surface area contributed by atoms with Gasteiger partial charge < -0.3 is 19.7 Å². The summed E-state index contributed by atoms with van der Waals surface area (Å²) in [6, 6.07) is 4.23. The van der Waals surface area contributed by atoms with Crippen molar-refractivity contribution >= 4 is 40.4 Å². The molecule has 0 aliphatic carbocycles. The minimum atomic E-state index is -0.863. The van der Waals surface area contributed by atoms with Crippen LogP contribution in [0.4, 0.5) is 0 Å². The number of piperazine rings is 1. The summed E-state index contributed by atoms with van der Waals surface area (Å²) in [7, 11) is 1.56. The fourth-order valence-corrected chi connectivity index (χ4v) is 3.49. The lowest BCUT2D eigenvalue weighted by Gasteiger charge is -2.34. The van der Waals surface area contributed by atoms with Crippen LogP contribution in [0.3, 0.4) is 0 Å². The lowest BCUT2D eigenvalue weighted by molar-refractivity contribution is -0.148. The molecular formula is C19H25IN2O5. The average molecular weight is 488 g/mol. The topological polar surface area (TPSA) is 84.9 Å². The van der Waals surface area contributed by atoms with Gasteiger partial charge in [0.05, 0.1) is 23.7 Å². The van der Waals surface area contributed by atoms with Crippen molar-refractivity contribution < 1.29 is 23.9 Å². The zero-order chi connectivity index (χ0) is 20.0. The third-order valence-electron chi connectivity index (χ3n) is 4.31. The van der Waals surface area contributed by atoms with Crippen molar-refractivity contribution in [1.29, 1.82) is 0 Å². The van der Waals surface area contributed by atoms with Gasteiger partial charge in [-0.05, 0) is 53.1 Å². The quantitative estimate of drug-likeness (QED) is 0.470. The summed E-state index contributed by atoms with van der Waals surface area (Å²) in [5.74, 6) is 0.00375. The van der Waals surface area contributed by atoms with Crippen LogP contribution in [0.25, 0.3) is 0 Å². The van der Waals surface area contributed by atoms with Gasteiger partial charge in [-0.25, -0.2) is 0 Å². The second-order valence-corrected chi connectivity index (χ2v) is 7.92. The molecule has 1 atom stereocenters. The molecule has 0 aromatic heterocycles. The van der Waals surface area contributed by atoms with E-state index in [0.29, 0.717) is 36.9 Å². The lowest BCUT2D eigenvalue weighted by atomic mass is 10.1. The molecule has 1 heterocycles. The highest BCUT2D eigenvalue weighted by atomic mass is 127. The van der Waals surface area contributed by atoms with E-state index in [9.17, 15) is 14.4 Å². The Kier molecular flexibility index (Phi) is 7.88. The van der Waals surface area contributed by atoms with Gasteiger partial charge in [0, 0.05) is 18.7 Å². The summed E-state index contributed by atoms with van der Waals surface area (Å²) in [5, 5.41) is 2.72. The molecule has 8 heteroatoms. The Labute approximate surface area is 172 Å². The molecule has 0 bridgehead atoms. The third-order valence-corrected chi connectivity index (χ3v) is 5.15. The smallest absolute Gasteiger partial charge is 0.308 e. The number of rotatable bonds is 7. The second kappa shape index (κ2) is 9.91. The van der Waals surface area contributed by atoms with Crippen molar-refractivity contribution in [3.8, 4) is 5.75 Å². The fraction of sp³-hybridized carbons (Fsp3) is 0.526. The number of esters is 1. The van der Waals surface area contributed by atoms with E-state index in [4.69, 9.17) is 9.47 Å². The van der Waals surface area contributed by atoms with Gasteiger partial charge >= 0.3 is 5.97 Å². The Morgan fingerprint density at radius 1 is 1.37 bits per heavy atom. The first-order valence-corrected chi connectivity index (χ1v) is 9.99. The Balaban J connectivity index is 2.10. The number of hydrogen-bond donors (Lipinski definition) is 1. The molecule has 1 aliphatic heterocycles. The fourth-order valence-electron chi connectivity index (χ4n) is 2.75. The van der Waals surface area contributed by atoms with Gasteiger partial charge in [-0.2, -0.15) is 0 Å². The molecule has 27 heavy (non-hydrogen) atoms. The summed E-state index contributed by atoms with van der Waals surface area (Å²) in [6.07, 6.45) is 0.610. The summed E-state index contributed by atoms with van der Waals surface area (Å²) in [6.45, 7) is 5.10. The molecule has 1 aromatic rings. The second-order valence-electron chi connectivity index (χ2n) is 6.76. The monoisotopic (exact) mass is 488 g/mol. The predicted molar refractivity (Wildman–Crippen MR) is 109 cm³/mol. The first kappa shape index (κ1) is 21.5. The van der Waals surface area contributed by atoms with Crippen molar-refractivity contribution in [2.24, 2.45) is 5.92 Å². The van der Waals surface area contributed by atoms with Crippen LogP contribution in [0.15, 0.2) is 18.2 Å². The van der Waals surface area contributed by atoms with Gasteiger partial charge in [-0.1, -0.05) is 13.8 Å². The number of methoxy groups -OCH3 is 1. The van der Waals surface area contributed by atoms with Crippen molar-refractivity contribution in [2.75, 3.05) is 26.8 Å². The van der Waals surface area contributed by atoms with E-state index in [1.165, 1.54) is 4.90 Å². The van der Waals surface area contributed by atoms with Crippen LogP contribution in [-0.4, -0.2) is 55.5 Å². The van der Waals surface area contributed by atoms with E-state index >= 15 is 0 Å². The molecule has 1 aliphatic rings. The van der Waals surface area contributed by atoms with Crippen molar-refractivity contribution in [3.63, 3.8) is 0 Å². The summed E-state index contributed by atoms with van der Waals surface area (Å²) < 4.78 is 11.2. The van der Waals surface area contributed by atoms with Gasteiger partial charge in [-0.3, -0.25) is 14.4 Å². The molecular weight excluding hydrogens is 463 g/mol. The summed E-state index contributed by atoms with van der Waals surface area (Å²) in [5.41, 5.74) is 0.452. The largest absolute Gasteiger partial charge is 0.496 e. The molecule has 1 saturated heterocycles. The molecule has 7 nitrogen and oxygen atoms in total. The summed E-state index contributed by atoms with van der Waals surface area (Å²) in [4.78, 5) is 38.8. The number of benzene rings is 1. The van der Waals surface area contributed by atoms with Crippen LogP contribution in [0.5, 0.6) is 5.75 Å². The van der Waals surface area contributed by atoms with E-state index < -0.39 is 12.0 Å². The van der Waals surface area contributed by atoms with E-state index in [0.717, 1.165) is 9.99 Å². The van der Waals surface area contributed by atoms with Crippen molar-refractivity contribution in [3.05, 3.63) is 27.3 Å². The lowest BCUT2D eigenvalue weighted by Crippen LogP contribution is -2.57. The van der Waals surface area contributed by atoms with Gasteiger partial charge in [0.1, 0.15) is 11.8 Å². The van der Waals surface area contributed by atoms with E-state index in [-0.39, 0.29) is 18.2 Å². The van der Waals surface area contributed by atoms with E-state index in [1.807, 2.05) is 13.8 Å². The minimum absolute atomic E-state index is 0.150. The number of nitrogens with one attached hydrogen (secondary N) is 1. The maximum Gasteiger partial charge on any atom is 0.308 e. The highest BCUT2D eigenvalue weighted by Crippen LogP contribution is 2.23. The first-order chi connectivity index (χ1) is 12.8. The Morgan fingerprint density at radius 2 is 2.11 bits per heavy atom. The van der Waals surface area contributed by atoms with E-state index in [1.54, 1.807) is 25.3 Å². The predicted octanol–water partition coefficient (Wildman–Crippen LogP) is 2.22. The Hall–Kier alpha value is -1.84. The molecule has 1 N–H and O–H groups in total. The molecule has 0 radical (unpaired) electrons. The molecule has 1 unspecified atom stereocenters. The van der Waals surface area contributed by atoms with Gasteiger partial charge in [0.25, 0.3) is 5.91 Å². The maximum atomic E-state index is 12.9. The van der Waals surface area contributed by atoms with Crippen LogP contribution in [0.2, 0.25) is 0 Å². The van der Waals surface area contributed by atoms with Crippen molar-refractivity contribution in [2.45, 2.75) is 32.7 Å². The van der Waals surface area contributed by atoms with Crippen LogP contribution in [0.1, 0.15) is 37.0 Å². The van der Waals surface area contributed by atoms with Crippen LogP contribution in [0, 0.1) is 9.49 Å². The minimum Gasteiger partial charge on any atom is -0.496 e. The van der Waals surface area contributed by atoms with Crippen LogP contribution in [-0.2, 0) is 14.3 Å². The SMILES string of the molecule is COc1ccc(C(=O)N2CCNC(=O)C2CC(=O)OCCC(C)C)cc1I. The average Bonchev–Trinajstić information content (AvgIpc) is 2.62. The number of ether oxygens (including phenoxy) is 2. The Morgan fingerprint density at radius 3 is 2.74 bits per heavy atom. The van der Waals surface area contributed by atoms with Crippen LogP contribution >= 0.6 is 22.6 Å². The zero-order valence-corrected chi connectivity index (χ0v) is 17.9. The zero-order valence-electron chi connectivity index (χ0n) is 15.8. The van der Waals surface area contributed by atoms with Crippen molar-refractivity contribution in [1.82, 2.24) is 10.2 Å². The van der Waals surface area contributed by atoms with Crippen LogP contribution < -0.4 is 10.1 Å². The normalized spacial score (nSPS) is 16.9. The maximum absolute atomic E-state index is 12.9. The standard InChI is InChI=1S/C19H25IN2O5/c1-12(2)6-9-27-17(23)11-15-18(24)21-7-8-22(15)19(25)13-4-5-16(26-3)14(20)10-13/h4-5,10,12,15H,6-9,11H2,1-3H3,(H,21,24). The summed E-state index contributed by atoms with van der Waals surface area (Å²) >= 11 is 2.09. The highest BCUT2D eigenvalue weighted by Gasteiger charge is 2.35. The number of hydrogen-bond acceptors (Lipinski definition) is 5. The molecule has 2 rings (SSSR count). The number of carbonyl (C=O) groups excluding carboxylic acids is 3. The molecule has 2 amide bonds. The highest BCUT2D eigenvalue weighted by molar-refractivity contribution is 14.1. The molecule has 0 saturated carbocycles. The first-order valence-electron chi connectivity index (χ1n) is 8.91.